The Morgan fingerprint density at radius 1 is 1.45 bits per heavy atom. The predicted octanol–water partition coefficient (Wildman–Crippen LogP) is 1.89. The Labute approximate surface area is 70.2 Å². The first-order valence-electron chi connectivity index (χ1n) is 3.34. The van der Waals surface area contributed by atoms with Gasteiger partial charge in [-0.3, -0.25) is 9.78 Å². The molecule has 1 heterocycles. The number of halogens is 1. The standard InChI is InChI=1S/C8H8ClNO/c9-4-1-8(11)7-2-5-10-6-3-7/h2-3,5-6H,1,4H2. The Hall–Kier alpha value is -0.890. The molecule has 0 saturated heterocycles. The van der Waals surface area contributed by atoms with Crippen molar-refractivity contribution in [3.63, 3.8) is 0 Å². The van der Waals surface area contributed by atoms with Crippen molar-refractivity contribution in [2.75, 3.05) is 5.88 Å². The van der Waals surface area contributed by atoms with Crippen LogP contribution in [0.2, 0.25) is 0 Å². The van der Waals surface area contributed by atoms with Crippen LogP contribution in [0.1, 0.15) is 16.8 Å². The highest BCUT2D eigenvalue weighted by molar-refractivity contribution is 6.19. The number of Topliss-reactive ketones (excluding diaryl/α,β-unsaturated/α-hetero) is 1. The van der Waals surface area contributed by atoms with E-state index in [1.165, 1.54) is 0 Å². The van der Waals surface area contributed by atoms with Gasteiger partial charge < -0.3 is 0 Å². The summed E-state index contributed by atoms with van der Waals surface area (Å²) >= 11 is 5.41. The van der Waals surface area contributed by atoms with E-state index in [1.54, 1.807) is 24.5 Å². The summed E-state index contributed by atoms with van der Waals surface area (Å²) in [6.45, 7) is 0. The summed E-state index contributed by atoms with van der Waals surface area (Å²) in [4.78, 5) is 14.9. The first-order valence-corrected chi connectivity index (χ1v) is 3.87. The summed E-state index contributed by atoms with van der Waals surface area (Å²) in [5.74, 6) is 0.448. The van der Waals surface area contributed by atoms with Crippen LogP contribution in [0, 0.1) is 0 Å². The summed E-state index contributed by atoms with van der Waals surface area (Å²) in [5.41, 5.74) is 0.681. The summed E-state index contributed by atoms with van der Waals surface area (Å²) in [6, 6.07) is 3.38. The van der Waals surface area contributed by atoms with Crippen molar-refractivity contribution in [2.45, 2.75) is 6.42 Å². The Kier molecular flexibility index (Phi) is 3.05. The molecule has 0 N–H and O–H groups in total. The highest BCUT2D eigenvalue weighted by Crippen LogP contribution is 2.01. The molecule has 58 valence electrons. The fraction of sp³-hybridized carbons (Fsp3) is 0.250. The number of carbonyl (C=O) groups excluding carboxylic acids is 1. The van der Waals surface area contributed by atoms with Crippen molar-refractivity contribution in [3.8, 4) is 0 Å². The van der Waals surface area contributed by atoms with Crippen LogP contribution in [-0.2, 0) is 0 Å². The van der Waals surface area contributed by atoms with Gasteiger partial charge >= 0.3 is 0 Å². The fourth-order valence-corrected chi connectivity index (χ4v) is 0.940. The number of pyridine rings is 1. The highest BCUT2D eigenvalue weighted by Gasteiger charge is 2.02. The molecule has 1 rings (SSSR count). The maximum absolute atomic E-state index is 11.1. The van der Waals surface area contributed by atoms with Gasteiger partial charge in [0, 0.05) is 30.3 Å². The molecule has 3 heteroatoms. The van der Waals surface area contributed by atoms with E-state index < -0.39 is 0 Å². The molecule has 1 aromatic rings. The van der Waals surface area contributed by atoms with E-state index in [0.717, 1.165) is 0 Å². The van der Waals surface area contributed by atoms with Gasteiger partial charge in [0.2, 0.25) is 0 Å². The summed E-state index contributed by atoms with van der Waals surface area (Å²) in [5, 5.41) is 0. The first kappa shape index (κ1) is 8.21. The number of ketones is 1. The van der Waals surface area contributed by atoms with Crippen LogP contribution >= 0.6 is 11.6 Å². The van der Waals surface area contributed by atoms with Gasteiger partial charge in [0.1, 0.15) is 0 Å². The molecule has 0 amide bonds. The second-order valence-electron chi connectivity index (χ2n) is 2.10. The average Bonchev–Trinajstić information content (AvgIpc) is 2.07. The van der Waals surface area contributed by atoms with Crippen LogP contribution in [0.3, 0.4) is 0 Å². The number of hydrogen-bond donors (Lipinski definition) is 0. The van der Waals surface area contributed by atoms with Gasteiger partial charge in [-0.2, -0.15) is 0 Å². The molecule has 0 spiro atoms. The van der Waals surface area contributed by atoms with Crippen molar-refractivity contribution < 1.29 is 4.79 Å². The lowest BCUT2D eigenvalue weighted by atomic mass is 10.1. The van der Waals surface area contributed by atoms with E-state index in [9.17, 15) is 4.79 Å². The van der Waals surface area contributed by atoms with Crippen LogP contribution in [0.5, 0.6) is 0 Å². The summed E-state index contributed by atoms with van der Waals surface area (Å²) in [7, 11) is 0. The maximum Gasteiger partial charge on any atom is 0.164 e. The lowest BCUT2D eigenvalue weighted by molar-refractivity contribution is 0.0989. The molecule has 0 radical (unpaired) electrons. The van der Waals surface area contributed by atoms with Crippen molar-refractivity contribution in [2.24, 2.45) is 0 Å². The van der Waals surface area contributed by atoms with E-state index >= 15 is 0 Å². The Morgan fingerprint density at radius 3 is 2.64 bits per heavy atom. The van der Waals surface area contributed by atoms with Crippen molar-refractivity contribution in [1.82, 2.24) is 4.98 Å². The number of nitrogens with zero attached hydrogens (tertiary/aromatic N) is 1. The minimum absolute atomic E-state index is 0.0717. The molecule has 0 aromatic carbocycles. The first-order chi connectivity index (χ1) is 5.34. The minimum Gasteiger partial charge on any atom is -0.294 e. The Bertz CT molecular complexity index is 235. The average molecular weight is 170 g/mol. The van der Waals surface area contributed by atoms with Crippen molar-refractivity contribution in [1.29, 1.82) is 0 Å². The topological polar surface area (TPSA) is 30.0 Å². The number of alkyl halides is 1. The van der Waals surface area contributed by atoms with E-state index in [2.05, 4.69) is 4.98 Å². The highest BCUT2D eigenvalue weighted by atomic mass is 35.5. The van der Waals surface area contributed by atoms with Crippen LogP contribution in [0.25, 0.3) is 0 Å². The smallest absolute Gasteiger partial charge is 0.164 e. The fourth-order valence-electron chi connectivity index (χ4n) is 0.768. The summed E-state index contributed by atoms with van der Waals surface area (Å²) < 4.78 is 0. The molecule has 0 saturated carbocycles. The molecule has 0 aliphatic heterocycles. The number of hydrogen-bond acceptors (Lipinski definition) is 2. The Morgan fingerprint density at radius 2 is 2.09 bits per heavy atom. The third-order valence-corrected chi connectivity index (χ3v) is 1.51. The van der Waals surface area contributed by atoms with E-state index in [0.29, 0.717) is 17.9 Å². The monoisotopic (exact) mass is 169 g/mol. The lowest BCUT2D eigenvalue weighted by Crippen LogP contribution is -1.98. The van der Waals surface area contributed by atoms with Crippen LogP contribution in [-0.4, -0.2) is 16.6 Å². The largest absolute Gasteiger partial charge is 0.294 e. The lowest BCUT2D eigenvalue weighted by Gasteiger charge is -1.95. The molecule has 2 nitrogen and oxygen atoms in total. The molecular weight excluding hydrogens is 162 g/mol. The Balaban J connectivity index is 2.69. The predicted molar refractivity (Wildman–Crippen MR) is 43.9 cm³/mol. The molecule has 1 aromatic heterocycles. The van der Waals surface area contributed by atoms with E-state index in [-0.39, 0.29) is 5.78 Å². The van der Waals surface area contributed by atoms with Gasteiger partial charge in [0.25, 0.3) is 0 Å². The molecule has 0 aliphatic rings. The summed E-state index contributed by atoms with van der Waals surface area (Å²) in [6.07, 6.45) is 3.59. The SMILES string of the molecule is O=C(CCCl)c1ccncc1. The molecule has 0 unspecified atom stereocenters. The zero-order valence-corrected chi connectivity index (χ0v) is 6.71. The van der Waals surface area contributed by atoms with E-state index in [1.807, 2.05) is 0 Å². The zero-order chi connectivity index (χ0) is 8.10. The normalized spacial score (nSPS) is 9.55. The van der Waals surface area contributed by atoms with Crippen LogP contribution in [0.15, 0.2) is 24.5 Å². The van der Waals surface area contributed by atoms with Gasteiger partial charge in [-0.25, -0.2) is 0 Å². The molecule has 0 aliphatic carbocycles. The molecule has 0 bridgehead atoms. The number of rotatable bonds is 3. The minimum atomic E-state index is 0.0717. The molecular formula is C8H8ClNO. The van der Waals surface area contributed by atoms with Gasteiger partial charge in [-0.15, -0.1) is 11.6 Å². The zero-order valence-electron chi connectivity index (χ0n) is 5.96. The van der Waals surface area contributed by atoms with Crippen molar-refractivity contribution in [3.05, 3.63) is 30.1 Å². The van der Waals surface area contributed by atoms with E-state index in [4.69, 9.17) is 11.6 Å². The second kappa shape index (κ2) is 4.09. The second-order valence-corrected chi connectivity index (χ2v) is 2.48. The molecule has 0 fully saturated rings. The quantitative estimate of drug-likeness (QED) is 0.511. The maximum atomic E-state index is 11.1. The van der Waals surface area contributed by atoms with Crippen LogP contribution < -0.4 is 0 Å². The molecule has 11 heavy (non-hydrogen) atoms. The third-order valence-electron chi connectivity index (χ3n) is 1.32. The molecule has 0 atom stereocenters. The van der Waals surface area contributed by atoms with Crippen LogP contribution in [0.4, 0.5) is 0 Å². The third kappa shape index (κ3) is 2.31. The van der Waals surface area contributed by atoms with Gasteiger partial charge in [0.05, 0.1) is 0 Å². The van der Waals surface area contributed by atoms with Gasteiger partial charge in [-0.05, 0) is 12.1 Å². The van der Waals surface area contributed by atoms with Crippen molar-refractivity contribution >= 4 is 17.4 Å². The number of aromatic nitrogens is 1. The van der Waals surface area contributed by atoms with Gasteiger partial charge in [-0.1, -0.05) is 0 Å². The number of carbonyl (C=O) groups is 1. The van der Waals surface area contributed by atoms with Gasteiger partial charge in [0.15, 0.2) is 5.78 Å².